The van der Waals surface area contributed by atoms with Gasteiger partial charge in [0.05, 0.1) is 12.0 Å². The van der Waals surface area contributed by atoms with E-state index in [1.54, 1.807) is 36.7 Å². The number of nitrogens with one attached hydrogen (secondary N) is 2. The van der Waals surface area contributed by atoms with Crippen molar-refractivity contribution in [2.75, 3.05) is 0 Å². The van der Waals surface area contributed by atoms with E-state index in [0.29, 0.717) is 17.0 Å². The van der Waals surface area contributed by atoms with Gasteiger partial charge in [-0.3, -0.25) is 20.6 Å². The molecule has 0 saturated carbocycles. The van der Waals surface area contributed by atoms with Crippen LogP contribution in [0, 0.1) is 0 Å². The van der Waals surface area contributed by atoms with Crippen LogP contribution in [0.5, 0.6) is 0 Å². The standard InChI is InChI=1S/C12H11N3O2/c1-9(11-3-2-8-17-11)14-15-12(16)10-4-6-13-7-5-10/h2-8,14H,1H2,(H,15,16). The van der Waals surface area contributed by atoms with Gasteiger partial charge in [-0.2, -0.15) is 0 Å². The highest BCUT2D eigenvalue weighted by molar-refractivity contribution is 5.94. The van der Waals surface area contributed by atoms with Crippen molar-refractivity contribution in [3.8, 4) is 0 Å². The molecule has 0 spiro atoms. The molecule has 2 heterocycles. The Labute approximate surface area is 98.1 Å². The van der Waals surface area contributed by atoms with Crippen molar-refractivity contribution in [2.45, 2.75) is 0 Å². The van der Waals surface area contributed by atoms with Gasteiger partial charge in [0.25, 0.3) is 5.91 Å². The van der Waals surface area contributed by atoms with Gasteiger partial charge < -0.3 is 4.42 Å². The lowest BCUT2D eigenvalue weighted by Gasteiger charge is -2.08. The van der Waals surface area contributed by atoms with Crippen LogP contribution in [0.15, 0.2) is 53.9 Å². The molecule has 0 aliphatic carbocycles. The Kier molecular flexibility index (Phi) is 3.20. The Balaban J connectivity index is 1.91. The second-order valence-electron chi connectivity index (χ2n) is 3.27. The summed E-state index contributed by atoms with van der Waals surface area (Å²) in [6.45, 7) is 3.73. The van der Waals surface area contributed by atoms with Gasteiger partial charge in [-0.1, -0.05) is 6.58 Å². The molecule has 0 saturated heterocycles. The Morgan fingerprint density at radius 1 is 1.24 bits per heavy atom. The monoisotopic (exact) mass is 229 g/mol. The Morgan fingerprint density at radius 3 is 2.65 bits per heavy atom. The zero-order valence-corrected chi connectivity index (χ0v) is 9.01. The normalized spacial score (nSPS) is 9.65. The van der Waals surface area contributed by atoms with Gasteiger partial charge in [0, 0.05) is 18.0 Å². The zero-order chi connectivity index (χ0) is 12.1. The summed E-state index contributed by atoms with van der Waals surface area (Å²) in [5.74, 6) is 0.306. The SMILES string of the molecule is C=C(NNC(=O)c1ccncc1)c1ccco1. The van der Waals surface area contributed by atoms with Gasteiger partial charge in [-0.15, -0.1) is 0 Å². The van der Waals surface area contributed by atoms with Crippen molar-refractivity contribution in [2.24, 2.45) is 0 Å². The molecule has 0 radical (unpaired) electrons. The van der Waals surface area contributed by atoms with E-state index in [-0.39, 0.29) is 5.91 Å². The van der Waals surface area contributed by atoms with Crippen LogP contribution in [-0.4, -0.2) is 10.9 Å². The number of hydrazine groups is 1. The predicted octanol–water partition coefficient (Wildman–Crippen LogP) is 1.58. The molecule has 1 amide bonds. The number of carbonyl (C=O) groups is 1. The van der Waals surface area contributed by atoms with E-state index < -0.39 is 0 Å². The maximum absolute atomic E-state index is 11.6. The number of hydrogen-bond donors (Lipinski definition) is 2. The lowest BCUT2D eigenvalue weighted by molar-refractivity contribution is 0.0942. The van der Waals surface area contributed by atoms with Crippen molar-refractivity contribution in [3.05, 3.63) is 60.8 Å². The number of amides is 1. The second-order valence-corrected chi connectivity index (χ2v) is 3.27. The number of nitrogens with zero attached hydrogens (tertiary/aromatic N) is 1. The van der Waals surface area contributed by atoms with Crippen LogP contribution in [0.25, 0.3) is 5.70 Å². The molecule has 86 valence electrons. The molecule has 0 fully saturated rings. The van der Waals surface area contributed by atoms with Crippen LogP contribution in [0.2, 0.25) is 0 Å². The van der Waals surface area contributed by atoms with E-state index in [1.807, 2.05) is 0 Å². The largest absolute Gasteiger partial charge is 0.463 e. The number of furan rings is 1. The summed E-state index contributed by atoms with van der Waals surface area (Å²) in [6, 6.07) is 6.72. The van der Waals surface area contributed by atoms with E-state index in [2.05, 4.69) is 22.4 Å². The average Bonchev–Trinajstić information content (AvgIpc) is 2.90. The Morgan fingerprint density at radius 2 is 2.00 bits per heavy atom. The van der Waals surface area contributed by atoms with Crippen LogP contribution in [0.3, 0.4) is 0 Å². The zero-order valence-electron chi connectivity index (χ0n) is 9.01. The lowest BCUT2D eigenvalue weighted by Crippen LogP contribution is -2.35. The second kappa shape index (κ2) is 4.98. The predicted molar refractivity (Wildman–Crippen MR) is 62.6 cm³/mol. The minimum Gasteiger partial charge on any atom is -0.463 e. The highest BCUT2D eigenvalue weighted by atomic mass is 16.3. The summed E-state index contributed by atoms with van der Waals surface area (Å²) >= 11 is 0. The third-order valence-corrected chi connectivity index (χ3v) is 2.09. The number of carbonyl (C=O) groups excluding carboxylic acids is 1. The Hall–Kier alpha value is -2.56. The molecule has 0 aromatic carbocycles. The summed E-state index contributed by atoms with van der Waals surface area (Å²) < 4.78 is 5.11. The van der Waals surface area contributed by atoms with Crippen molar-refractivity contribution in [3.63, 3.8) is 0 Å². The molecule has 5 nitrogen and oxygen atoms in total. The molecule has 0 aliphatic rings. The molecule has 2 N–H and O–H groups in total. The van der Waals surface area contributed by atoms with Crippen LogP contribution in [-0.2, 0) is 0 Å². The first-order valence-electron chi connectivity index (χ1n) is 4.96. The fraction of sp³-hybridized carbons (Fsp3) is 0. The molecule has 0 aliphatic heterocycles. The minimum absolute atomic E-state index is 0.264. The van der Waals surface area contributed by atoms with Crippen molar-refractivity contribution >= 4 is 11.6 Å². The van der Waals surface area contributed by atoms with Gasteiger partial charge in [0.1, 0.15) is 0 Å². The quantitative estimate of drug-likeness (QED) is 0.781. The number of pyridine rings is 1. The topological polar surface area (TPSA) is 67.2 Å². The first kappa shape index (κ1) is 10.9. The Bertz CT molecular complexity index is 506. The van der Waals surface area contributed by atoms with E-state index in [0.717, 1.165) is 0 Å². The first-order chi connectivity index (χ1) is 8.27. The highest BCUT2D eigenvalue weighted by Crippen LogP contribution is 2.08. The number of rotatable bonds is 4. The van der Waals surface area contributed by atoms with E-state index in [4.69, 9.17) is 4.42 Å². The summed E-state index contributed by atoms with van der Waals surface area (Å²) in [4.78, 5) is 15.5. The minimum atomic E-state index is -0.264. The summed E-state index contributed by atoms with van der Waals surface area (Å²) in [6.07, 6.45) is 4.64. The molecule has 5 heteroatoms. The maximum Gasteiger partial charge on any atom is 0.269 e. The molecular formula is C12H11N3O2. The average molecular weight is 229 g/mol. The van der Waals surface area contributed by atoms with Crippen molar-refractivity contribution in [1.82, 2.24) is 15.8 Å². The fourth-order valence-electron chi connectivity index (χ4n) is 1.22. The molecule has 2 rings (SSSR count). The van der Waals surface area contributed by atoms with Crippen LogP contribution in [0.4, 0.5) is 0 Å². The fourth-order valence-corrected chi connectivity index (χ4v) is 1.22. The van der Waals surface area contributed by atoms with E-state index in [1.165, 1.54) is 6.26 Å². The summed E-state index contributed by atoms with van der Waals surface area (Å²) in [7, 11) is 0. The van der Waals surface area contributed by atoms with Crippen LogP contribution in [0.1, 0.15) is 16.1 Å². The molecule has 0 bridgehead atoms. The maximum atomic E-state index is 11.6. The van der Waals surface area contributed by atoms with Gasteiger partial charge in [-0.05, 0) is 24.3 Å². The molecular weight excluding hydrogens is 218 g/mol. The van der Waals surface area contributed by atoms with Crippen LogP contribution < -0.4 is 10.9 Å². The molecule has 2 aromatic heterocycles. The van der Waals surface area contributed by atoms with E-state index in [9.17, 15) is 4.79 Å². The smallest absolute Gasteiger partial charge is 0.269 e. The van der Waals surface area contributed by atoms with Crippen molar-refractivity contribution in [1.29, 1.82) is 0 Å². The summed E-state index contributed by atoms with van der Waals surface area (Å²) in [5.41, 5.74) is 6.18. The van der Waals surface area contributed by atoms with Crippen molar-refractivity contribution < 1.29 is 9.21 Å². The van der Waals surface area contributed by atoms with Crippen LogP contribution >= 0.6 is 0 Å². The summed E-state index contributed by atoms with van der Waals surface area (Å²) in [5, 5.41) is 0. The number of hydrogen-bond acceptors (Lipinski definition) is 4. The third-order valence-electron chi connectivity index (χ3n) is 2.09. The van der Waals surface area contributed by atoms with Gasteiger partial charge >= 0.3 is 0 Å². The molecule has 17 heavy (non-hydrogen) atoms. The van der Waals surface area contributed by atoms with Gasteiger partial charge in [0.15, 0.2) is 5.76 Å². The number of aromatic nitrogens is 1. The third kappa shape index (κ3) is 2.72. The molecule has 0 unspecified atom stereocenters. The van der Waals surface area contributed by atoms with Gasteiger partial charge in [0.2, 0.25) is 0 Å². The first-order valence-corrected chi connectivity index (χ1v) is 4.96. The van der Waals surface area contributed by atoms with E-state index >= 15 is 0 Å². The lowest BCUT2D eigenvalue weighted by atomic mass is 10.2. The van der Waals surface area contributed by atoms with Gasteiger partial charge in [-0.25, -0.2) is 0 Å². The molecule has 2 aromatic rings. The molecule has 0 atom stereocenters. The highest BCUT2D eigenvalue weighted by Gasteiger charge is 2.05.